The Balaban J connectivity index is 0.00000361. The Morgan fingerprint density at radius 1 is 1.25 bits per heavy atom. The third kappa shape index (κ3) is 5.98. The second-order valence-electron chi connectivity index (χ2n) is 5.65. The van der Waals surface area contributed by atoms with Crippen LogP contribution in [0.4, 0.5) is 0 Å². The summed E-state index contributed by atoms with van der Waals surface area (Å²) in [6.07, 6.45) is 4.03. The lowest BCUT2D eigenvalue weighted by Crippen LogP contribution is -2.48. The molecule has 0 aromatic rings. The molecule has 0 aliphatic carbocycles. The first kappa shape index (κ1) is 19.7. The van der Waals surface area contributed by atoms with E-state index in [2.05, 4.69) is 25.7 Å². The Hall–Kier alpha value is -0.320. The van der Waals surface area contributed by atoms with Gasteiger partial charge in [-0.1, -0.05) is 27.2 Å². The number of nitrogens with two attached hydrogens (primary N) is 1. The Labute approximate surface area is 130 Å². The van der Waals surface area contributed by atoms with Crippen LogP contribution >= 0.6 is 12.4 Å². The molecule has 0 spiro atoms. The van der Waals surface area contributed by atoms with Gasteiger partial charge in [-0.15, -0.1) is 12.4 Å². The number of hydrogen-bond acceptors (Lipinski definition) is 3. The first-order valence-electron chi connectivity index (χ1n) is 7.89. The Kier molecular flexibility index (Phi) is 10.2. The van der Waals surface area contributed by atoms with Crippen LogP contribution in [0, 0.1) is 5.92 Å². The minimum atomic E-state index is -0.288. The average molecular weight is 306 g/mol. The predicted octanol–water partition coefficient (Wildman–Crippen LogP) is 2.12. The van der Waals surface area contributed by atoms with Crippen LogP contribution in [0.15, 0.2) is 0 Å². The molecule has 1 aliphatic rings. The number of likely N-dealkylation sites (tertiary alicyclic amines) is 1. The monoisotopic (exact) mass is 305 g/mol. The van der Waals surface area contributed by atoms with Gasteiger partial charge in [-0.25, -0.2) is 0 Å². The first-order valence-corrected chi connectivity index (χ1v) is 7.89. The molecule has 1 atom stereocenters. The maximum atomic E-state index is 12.1. The molecule has 4 nitrogen and oxygen atoms in total. The van der Waals surface area contributed by atoms with Crippen LogP contribution in [0.25, 0.3) is 0 Å². The summed E-state index contributed by atoms with van der Waals surface area (Å²) < 4.78 is 0. The number of rotatable bonds is 7. The van der Waals surface area contributed by atoms with Gasteiger partial charge in [0.25, 0.3) is 0 Å². The summed E-state index contributed by atoms with van der Waals surface area (Å²) in [5, 5.41) is 0. The van der Waals surface area contributed by atoms with Crippen LogP contribution in [0.5, 0.6) is 0 Å². The highest BCUT2D eigenvalue weighted by atomic mass is 35.5. The Morgan fingerprint density at radius 3 is 2.25 bits per heavy atom. The molecule has 1 unspecified atom stereocenters. The molecule has 0 aromatic carbocycles. The zero-order chi connectivity index (χ0) is 14.3. The zero-order valence-electron chi connectivity index (χ0n) is 13.3. The molecule has 0 radical (unpaired) electrons. The molecule has 1 aliphatic heterocycles. The van der Waals surface area contributed by atoms with Crippen molar-refractivity contribution in [3.05, 3.63) is 0 Å². The zero-order valence-corrected chi connectivity index (χ0v) is 14.1. The van der Waals surface area contributed by atoms with Crippen molar-refractivity contribution in [2.45, 2.75) is 52.5 Å². The number of carbonyl (C=O) groups is 1. The van der Waals surface area contributed by atoms with E-state index in [-0.39, 0.29) is 24.4 Å². The van der Waals surface area contributed by atoms with Crippen molar-refractivity contribution in [2.24, 2.45) is 11.7 Å². The third-order valence-electron chi connectivity index (χ3n) is 4.25. The van der Waals surface area contributed by atoms with Gasteiger partial charge >= 0.3 is 0 Å². The molecule has 0 aromatic heterocycles. The summed E-state index contributed by atoms with van der Waals surface area (Å²) in [5.74, 6) is 0.898. The fourth-order valence-electron chi connectivity index (χ4n) is 2.85. The van der Waals surface area contributed by atoms with Crippen LogP contribution in [-0.2, 0) is 4.79 Å². The van der Waals surface area contributed by atoms with Gasteiger partial charge in [-0.3, -0.25) is 4.79 Å². The average Bonchev–Trinajstić information content (AvgIpc) is 2.45. The molecule has 120 valence electrons. The van der Waals surface area contributed by atoms with Crippen LogP contribution in [-0.4, -0.2) is 54.5 Å². The van der Waals surface area contributed by atoms with E-state index in [1.807, 2.05) is 4.90 Å². The topological polar surface area (TPSA) is 49.6 Å². The van der Waals surface area contributed by atoms with Crippen molar-refractivity contribution in [3.8, 4) is 0 Å². The fraction of sp³-hybridized carbons (Fsp3) is 0.933. The smallest absolute Gasteiger partial charge is 0.239 e. The van der Waals surface area contributed by atoms with Gasteiger partial charge in [0.15, 0.2) is 0 Å². The quantitative estimate of drug-likeness (QED) is 0.784. The van der Waals surface area contributed by atoms with E-state index in [0.717, 1.165) is 57.8 Å². The highest BCUT2D eigenvalue weighted by Crippen LogP contribution is 2.19. The van der Waals surface area contributed by atoms with Gasteiger partial charge in [0, 0.05) is 19.6 Å². The highest BCUT2D eigenvalue weighted by Gasteiger charge is 2.26. The van der Waals surface area contributed by atoms with Crippen LogP contribution in [0.3, 0.4) is 0 Å². The number of carbonyl (C=O) groups excluding carboxylic acids is 1. The van der Waals surface area contributed by atoms with Crippen molar-refractivity contribution < 1.29 is 4.79 Å². The lowest BCUT2D eigenvalue weighted by molar-refractivity contribution is -0.134. The standard InChI is InChI=1S/C15H31N3O.ClH/c1-4-7-14(16)15(19)18-10-8-13(9-11-18)12-17(5-2)6-3;/h13-14H,4-12,16H2,1-3H3;1H. The summed E-state index contributed by atoms with van der Waals surface area (Å²) in [6, 6.07) is -0.288. The molecule has 1 fully saturated rings. The summed E-state index contributed by atoms with van der Waals surface area (Å²) in [5.41, 5.74) is 5.92. The van der Waals surface area contributed by atoms with E-state index in [4.69, 9.17) is 5.73 Å². The fourth-order valence-corrected chi connectivity index (χ4v) is 2.85. The predicted molar refractivity (Wildman–Crippen MR) is 87.2 cm³/mol. The molecule has 1 rings (SSSR count). The van der Waals surface area contributed by atoms with Gasteiger partial charge < -0.3 is 15.5 Å². The Morgan fingerprint density at radius 2 is 1.80 bits per heavy atom. The summed E-state index contributed by atoms with van der Waals surface area (Å²) in [6.45, 7) is 11.7. The molecule has 5 heteroatoms. The van der Waals surface area contributed by atoms with Gasteiger partial charge in [0.1, 0.15) is 0 Å². The van der Waals surface area contributed by atoms with E-state index in [0.29, 0.717) is 0 Å². The summed E-state index contributed by atoms with van der Waals surface area (Å²) in [7, 11) is 0. The molecule has 2 N–H and O–H groups in total. The second-order valence-corrected chi connectivity index (χ2v) is 5.65. The van der Waals surface area contributed by atoms with E-state index >= 15 is 0 Å². The maximum absolute atomic E-state index is 12.1. The van der Waals surface area contributed by atoms with Gasteiger partial charge in [-0.05, 0) is 38.3 Å². The summed E-state index contributed by atoms with van der Waals surface area (Å²) >= 11 is 0. The number of hydrogen-bond donors (Lipinski definition) is 1. The van der Waals surface area contributed by atoms with Crippen LogP contribution in [0.2, 0.25) is 0 Å². The second kappa shape index (κ2) is 10.4. The lowest BCUT2D eigenvalue weighted by Gasteiger charge is -2.35. The minimum absolute atomic E-state index is 0. The molecule has 0 bridgehead atoms. The van der Waals surface area contributed by atoms with E-state index < -0.39 is 0 Å². The van der Waals surface area contributed by atoms with Crippen molar-refractivity contribution in [2.75, 3.05) is 32.7 Å². The molecule has 1 amide bonds. The normalized spacial score (nSPS) is 17.9. The number of nitrogens with zero attached hydrogens (tertiary/aromatic N) is 2. The third-order valence-corrected chi connectivity index (χ3v) is 4.25. The molecule has 1 saturated heterocycles. The van der Waals surface area contributed by atoms with Gasteiger partial charge in [0.05, 0.1) is 6.04 Å². The number of amides is 1. The van der Waals surface area contributed by atoms with Crippen LogP contribution < -0.4 is 5.73 Å². The summed E-state index contributed by atoms with van der Waals surface area (Å²) in [4.78, 5) is 16.6. The maximum Gasteiger partial charge on any atom is 0.239 e. The first-order chi connectivity index (χ1) is 9.12. The SMILES string of the molecule is CCCC(N)C(=O)N1CCC(CN(CC)CC)CC1.Cl. The number of piperidine rings is 1. The highest BCUT2D eigenvalue weighted by molar-refractivity contribution is 5.85. The molecule has 0 saturated carbocycles. The molecular formula is C15H32ClN3O. The Bertz CT molecular complexity index is 264. The number of halogens is 1. The molecule has 1 heterocycles. The van der Waals surface area contributed by atoms with Crippen molar-refractivity contribution in [1.82, 2.24) is 9.80 Å². The van der Waals surface area contributed by atoms with E-state index in [1.54, 1.807) is 0 Å². The van der Waals surface area contributed by atoms with E-state index in [9.17, 15) is 4.79 Å². The van der Waals surface area contributed by atoms with Crippen LogP contribution in [0.1, 0.15) is 46.5 Å². The van der Waals surface area contributed by atoms with Gasteiger partial charge in [-0.2, -0.15) is 0 Å². The van der Waals surface area contributed by atoms with Crippen molar-refractivity contribution in [1.29, 1.82) is 0 Å². The van der Waals surface area contributed by atoms with Gasteiger partial charge in [0.2, 0.25) is 5.91 Å². The lowest BCUT2D eigenvalue weighted by atomic mass is 9.95. The molecular weight excluding hydrogens is 274 g/mol. The molecule has 20 heavy (non-hydrogen) atoms. The van der Waals surface area contributed by atoms with Crippen molar-refractivity contribution in [3.63, 3.8) is 0 Å². The van der Waals surface area contributed by atoms with Crippen molar-refractivity contribution >= 4 is 18.3 Å². The minimum Gasteiger partial charge on any atom is -0.341 e. The largest absolute Gasteiger partial charge is 0.341 e. The van der Waals surface area contributed by atoms with E-state index in [1.165, 1.54) is 6.54 Å².